The van der Waals surface area contributed by atoms with Gasteiger partial charge in [-0.25, -0.2) is 0 Å². The second kappa shape index (κ2) is 7.11. The summed E-state index contributed by atoms with van der Waals surface area (Å²) in [7, 11) is 3.15. The van der Waals surface area contributed by atoms with Gasteiger partial charge >= 0.3 is 0 Å². The van der Waals surface area contributed by atoms with Gasteiger partial charge in [0, 0.05) is 12.1 Å². The number of carbonyl (C=O) groups is 2. The molecule has 132 valence electrons. The third-order valence-corrected chi connectivity index (χ3v) is 3.88. The summed E-state index contributed by atoms with van der Waals surface area (Å²) >= 11 is 0. The lowest BCUT2D eigenvalue weighted by molar-refractivity contribution is -0.128. The van der Waals surface area contributed by atoms with Crippen molar-refractivity contribution in [2.45, 2.75) is 39.3 Å². The predicted octanol–water partition coefficient (Wildman–Crippen LogP) is 1.87. The van der Waals surface area contributed by atoms with Crippen LogP contribution in [0, 0.1) is 11.8 Å². The van der Waals surface area contributed by atoms with Crippen LogP contribution < -0.4 is 20.1 Å². The van der Waals surface area contributed by atoms with E-state index in [0.29, 0.717) is 24.5 Å². The Morgan fingerprint density at radius 1 is 1.08 bits per heavy atom. The molecule has 2 atom stereocenters. The van der Waals surface area contributed by atoms with Crippen LogP contribution in [0.25, 0.3) is 0 Å². The van der Waals surface area contributed by atoms with Crippen LogP contribution in [0.2, 0.25) is 0 Å². The van der Waals surface area contributed by atoms with E-state index in [0.717, 1.165) is 5.56 Å². The van der Waals surface area contributed by atoms with Gasteiger partial charge in [0.1, 0.15) is 0 Å². The van der Waals surface area contributed by atoms with E-state index in [-0.39, 0.29) is 29.2 Å². The third kappa shape index (κ3) is 4.63. The average molecular weight is 334 g/mol. The zero-order chi connectivity index (χ0) is 17.9. The second-order valence-electron chi connectivity index (χ2n) is 7.10. The predicted molar refractivity (Wildman–Crippen MR) is 90.9 cm³/mol. The molecule has 0 saturated heterocycles. The van der Waals surface area contributed by atoms with Crippen molar-refractivity contribution >= 4 is 11.8 Å². The first-order chi connectivity index (χ1) is 11.2. The molecule has 6 heteroatoms. The van der Waals surface area contributed by atoms with E-state index < -0.39 is 0 Å². The first-order valence-corrected chi connectivity index (χ1v) is 8.06. The maximum absolute atomic E-state index is 12.2. The summed E-state index contributed by atoms with van der Waals surface area (Å²) in [6.07, 6.45) is 0.611. The van der Waals surface area contributed by atoms with Crippen LogP contribution in [0.3, 0.4) is 0 Å². The van der Waals surface area contributed by atoms with Crippen LogP contribution in [0.5, 0.6) is 11.5 Å². The lowest BCUT2D eigenvalue weighted by Crippen LogP contribution is -2.42. The number of amides is 2. The molecule has 1 aliphatic rings. The lowest BCUT2D eigenvalue weighted by atomic mass is 10.1. The van der Waals surface area contributed by atoms with Gasteiger partial charge in [-0.3, -0.25) is 9.59 Å². The van der Waals surface area contributed by atoms with Crippen molar-refractivity contribution in [1.82, 2.24) is 10.6 Å². The molecule has 2 unspecified atom stereocenters. The first-order valence-electron chi connectivity index (χ1n) is 8.06. The van der Waals surface area contributed by atoms with E-state index >= 15 is 0 Å². The number of hydrogen-bond donors (Lipinski definition) is 2. The molecule has 0 bridgehead atoms. The molecular weight excluding hydrogens is 308 g/mol. The van der Waals surface area contributed by atoms with Crippen molar-refractivity contribution in [2.24, 2.45) is 11.8 Å². The van der Waals surface area contributed by atoms with Gasteiger partial charge in [-0.2, -0.15) is 0 Å². The van der Waals surface area contributed by atoms with Gasteiger partial charge in [-0.05, 0) is 44.9 Å². The highest BCUT2D eigenvalue weighted by molar-refractivity contribution is 5.92. The summed E-state index contributed by atoms with van der Waals surface area (Å²) in [5.41, 5.74) is 0.637. The molecule has 0 aliphatic heterocycles. The number of nitrogens with one attached hydrogen (secondary N) is 2. The molecule has 2 N–H and O–H groups in total. The van der Waals surface area contributed by atoms with Gasteiger partial charge in [0.25, 0.3) is 0 Å². The molecule has 1 aliphatic carbocycles. The van der Waals surface area contributed by atoms with Gasteiger partial charge in [-0.1, -0.05) is 6.07 Å². The van der Waals surface area contributed by atoms with Crippen LogP contribution in [0.1, 0.15) is 32.8 Å². The summed E-state index contributed by atoms with van der Waals surface area (Å²) < 4.78 is 10.4. The summed E-state index contributed by atoms with van der Waals surface area (Å²) in [5.74, 6) is 0.696. The van der Waals surface area contributed by atoms with Gasteiger partial charge in [0.2, 0.25) is 11.8 Å². The molecule has 2 rings (SSSR count). The molecule has 0 spiro atoms. The van der Waals surface area contributed by atoms with Gasteiger partial charge in [-0.15, -0.1) is 0 Å². The number of rotatable bonds is 6. The number of methoxy groups -OCH3 is 2. The Bertz CT molecular complexity index is 622. The zero-order valence-electron chi connectivity index (χ0n) is 14.9. The highest BCUT2D eigenvalue weighted by Crippen LogP contribution is 2.39. The number of benzene rings is 1. The highest BCUT2D eigenvalue weighted by Gasteiger charge is 2.48. The Kier molecular flexibility index (Phi) is 5.36. The number of carbonyl (C=O) groups excluding carboxylic acids is 2. The normalized spacial score (nSPS) is 19.4. The Balaban J connectivity index is 1.85. The fourth-order valence-electron chi connectivity index (χ4n) is 2.55. The van der Waals surface area contributed by atoms with Crippen LogP contribution in [-0.2, 0) is 16.1 Å². The Hall–Kier alpha value is -2.24. The van der Waals surface area contributed by atoms with Crippen LogP contribution >= 0.6 is 0 Å². The average Bonchev–Trinajstić information content (AvgIpc) is 3.31. The largest absolute Gasteiger partial charge is 0.493 e. The van der Waals surface area contributed by atoms with Crippen molar-refractivity contribution in [1.29, 1.82) is 0 Å². The minimum atomic E-state index is -0.277. The standard InChI is InChI=1S/C18H26N2O4/c1-18(2,3)20-17(22)13-9-12(13)16(21)19-10-11-6-7-14(23-4)15(8-11)24-5/h6-8,12-13H,9-10H2,1-5H3,(H,19,21)(H,20,22). The van der Waals surface area contributed by atoms with Crippen molar-refractivity contribution in [3.05, 3.63) is 23.8 Å². The quantitative estimate of drug-likeness (QED) is 0.833. The molecular formula is C18H26N2O4. The molecule has 6 nitrogen and oxygen atoms in total. The minimum absolute atomic E-state index is 0.0474. The maximum atomic E-state index is 12.2. The van der Waals surface area contributed by atoms with E-state index in [1.54, 1.807) is 20.3 Å². The van der Waals surface area contributed by atoms with E-state index in [2.05, 4.69) is 10.6 Å². The Morgan fingerprint density at radius 3 is 2.29 bits per heavy atom. The highest BCUT2D eigenvalue weighted by atomic mass is 16.5. The maximum Gasteiger partial charge on any atom is 0.224 e. The van der Waals surface area contributed by atoms with E-state index in [1.165, 1.54) is 0 Å². The van der Waals surface area contributed by atoms with Crippen molar-refractivity contribution < 1.29 is 19.1 Å². The van der Waals surface area contributed by atoms with Crippen molar-refractivity contribution in [3.63, 3.8) is 0 Å². The van der Waals surface area contributed by atoms with E-state index in [1.807, 2.05) is 32.9 Å². The monoisotopic (exact) mass is 334 g/mol. The fourth-order valence-corrected chi connectivity index (χ4v) is 2.55. The van der Waals surface area contributed by atoms with Crippen LogP contribution in [0.15, 0.2) is 18.2 Å². The molecule has 24 heavy (non-hydrogen) atoms. The van der Waals surface area contributed by atoms with Crippen molar-refractivity contribution in [3.8, 4) is 11.5 Å². The molecule has 1 fully saturated rings. The number of ether oxygens (including phenoxy) is 2. The molecule has 0 radical (unpaired) electrons. The SMILES string of the molecule is COc1ccc(CNC(=O)C2CC2C(=O)NC(C)(C)C)cc1OC. The van der Waals surface area contributed by atoms with Gasteiger partial charge < -0.3 is 20.1 Å². The van der Waals surface area contributed by atoms with E-state index in [9.17, 15) is 9.59 Å². The molecule has 2 amide bonds. The summed E-state index contributed by atoms with van der Waals surface area (Å²) in [6, 6.07) is 5.51. The van der Waals surface area contributed by atoms with Crippen molar-refractivity contribution in [2.75, 3.05) is 14.2 Å². The summed E-state index contributed by atoms with van der Waals surface area (Å²) in [6.45, 7) is 6.18. The van der Waals surface area contributed by atoms with Crippen LogP contribution in [-0.4, -0.2) is 31.6 Å². The zero-order valence-corrected chi connectivity index (χ0v) is 14.9. The third-order valence-electron chi connectivity index (χ3n) is 3.88. The number of hydrogen-bond acceptors (Lipinski definition) is 4. The molecule has 0 aromatic heterocycles. The van der Waals surface area contributed by atoms with Gasteiger partial charge in [0.05, 0.1) is 26.1 Å². The summed E-state index contributed by atoms with van der Waals surface area (Å²) in [4.78, 5) is 24.2. The van der Waals surface area contributed by atoms with Gasteiger partial charge in [0.15, 0.2) is 11.5 Å². The molecule has 1 saturated carbocycles. The minimum Gasteiger partial charge on any atom is -0.493 e. The second-order valence-corrected chi connectivity index (χ2v) is 7.10. The molecule has 1 aromatic rings. The first kappa shape index (κ1) is 18.1. The van der Waals surface area contributed by atoms with Crippen LogP contribution in [0.4, 0.5) is 0 Å². The molecule has 1 aromatic carbocycles. The fraction of sp³-hybridized carbons (Fsp3) is 0.556. The Labute approximate surface area is 142 Å². The smallest absolute Gasteiger partial charge is 0.224 e. The summed E-state index contributed by atoms with van der Waals surface area (Å²) in [5, 5.41) is 5.80. The topological polar surface area (TPSA) is 76.7 Å². The molecule has 0 heterocycles. The Morgan fingerprint density at radius 2 is 1.71 bits per heavy atom. The lowest BCUT2D eigenvalue weighted by Gasteiger charge is -2.20. The van der Waals surface area contributed by atoms with E-state index in [4.69, 9.17) is 9.47 Å².